The van der Waals surface area contributed by atoms with Gasteiger partial charge in [0, 0.05) is 33.2 Å². The standard InChI is InChI=1S/C29H26N4O5S2/c1-18-16-40-29(30-18)33-26(35)17-39-23-10-6-9-21(14-23)31-28(37)24(32-27(36)19-7-4-3-5-8-19)13-20-11-12-22(34)15-25(20)38-2/h3-16,34H,17H2,1-2H3,(H,31,37)(H,32,36)(H,30,33,35)/b24-13+. The molecule has 40 heavy (non-hydrogen) atoms. The summed E-state index contributed by atoms with van der Waals surface area (Å²) >= 11 is 2.67. The van der Waals surface area contributed by atoms with Crippen molar-refractivity contribution in [3.05, 3.63) is 101 Å². The molecule has 204 valence electrons. The van der Waals surface area contributed by atoms with Crippen molar-refractivity contribution in [3.8, 4) is 11.5 Å². The lowest BCUT2D eigenvalue weighted by atomic mass is 10.1. The second kappa shape index (κ2) is 13.5. The third kappa shape index (κ3) is 7.95. The van der Waals surface area contributed by atoms with Gasteiger partial charge in [0.25, 0.3) is 11.8 Å². The number of aryl methyl sites for hydroxylation is 1. The Kier molecular flexibility index (Phi) is 9.55. The smallest absolute Gasteiger partial charge is 0.272 e. The number of hydrogen-bond donors (Lipinski definition) is 4. The van der Waals surface area contributed by atoms with E-state index in [1.165, 1.54) is 48.4 Å². The van der Waals surface area contributed by atoms with Gasteiger partial charge in [-0.2, -0.15) is 0 Å². The number of phenolic OH excluding ortho intramolecular Hbond substituents is 1. The molecule has 4 N–H and O–H groups in total. The van der Waals surface area contributed by atoms with Crippen LogP contribution in [-0.4, -0.2) is 40.7 Å². The molecule has 3 aromatic carbocycles. The number of thiazole rings is 1. The zero-order chi connectivity index (χ0) is 28.5. The van der Waals surface area contributed by atoms with E-state index in [-0.39, 0.29) is 23.1 Å². The number of amides is 3. The van der Waals surface area contributed by atoms with Crippen LogP contribution in [0.5, 0.6) is 11.5 Å². The highest BCUT2D eigenvalue weighted by molar-refractivity contribution is 8.00. The lowest BCUT2D eigenvalue weighted by Gasteiger charge is -2.13. The van der Waals surface area contributed by atoms with Crippen LogP contribution in [0, 0.1) is 6.92 Å². The summed E-state index contributed by atoms with van der Waals surface area (Å²) in [6.07, 6.45) is 1.47. The normalized spacial score (nSPS) is 11.0. The third-order valence-corrected chi connectivity index (χ3v) is 7.24. The molecule has 0 aliphatic heterocycles. The van der Waals surface area contributed by atoms with E-state index in [1.807, 2.05) is 18.4 Å². The SMILES string of the molecule is COc1cc(O)ccc1/C=C(/NC(=O)c1ccccc1)C(=O)Nc1cccc(SCC(=O)Nc2nc(C)cs2)c1. The van der Waals surface area contributed by atoms with Crippen molar-refractivity contribution in [3.63, 3.8) is 0 Å². The Labute approximate surface area is 239 Å². The van der Waals surface area contributed by atoms with Crippen molar-refractivity contribution in [2.45, 2.75) is 11.8 Å². The molecule has 4 rings (SSSR count). The summed E-state index contributed by atoms with van der Waals surface area (Å²) in [5.41, 5.74) is 2.14. The molecular formula is C29H26N4O5S2. The summed E-state index contributed by atoms with van der Waals surface area (Å²) < 4.78 is 5.33. The van der Waals surface area contributed by atoms with Crippen LogP contribution in [0.15, 0.2) is 88.8 Å². The maximum absolute atomic E-state index is 13.4. The van der Waals surface area contributed by atoms with Crippen LogP contribution < -0.4 is 20.7 Å². The van der Waals surface area contributed by atoms with Crippen molar-refractivity contribution < 1.29 is 24.2 Å². The number of nitrogens with zero attached hydrogens (tertiary/aromatic N) is 1. The van der Waals surface area contributed by atoms with Crippen molar-refractivity contribution in [2.24, 2.45) is 0 Å². The van der Waals surface area contributed by atoms with Crippen molar-refractivity contribution >= 4 is 57.7 Å². The number of methoxy groups -OCH3 is 1. The summed E-state index contributed by atoms with van der Waals surface area (Å²) in [6, 6.07) is 20.0. The Morgan fingerprint density at radius 2 is 1.82 bits per heavy atom. The topological polar surface area (TPSA) is 130 Å². The number of aromatic nitrogens is 1. The van der Waals surface area contributed by atoms with Gasteiger partial charge in [-0.05, 0) is 55.5 Å². The van der Waals surface area contributed by atoms with E-state index in [4.69, 9.17) is 4.74 Å². The first-order valence-electron chi connectivity index (χ1n) is 12.0. The monoisotopic (exact) mass is 574 g/mol. The molecule has 11 heteroatoms. The second-order valence-electron chi connectivity index (χ2n) is 8.42. The van der Waals surface area contributed by atoms with E-state index in [0.717, 1.165) is 10.6 Å². The Hall–Kier alpha value is -4.61. The number of phenols is 1. The maximum Gasteiger partial charge on any atom is 0.272 e. The molecule has 0 unspecified atom stereocenters. The van der Waals surface area contributed by atoms with Gasteiger partial charge in [0.05, 0.1) is 18.6 Å². The number of ether oxygens (including phenoxy) is 1. The van der Waals surface area contributed by atoms with E-state index in [1.54, 1.807) is 54.6 Å². The van der Waals surface area contributed by atoms with Crippen LogP contribution in [0.2, 0.25) is 0 Å². The Balaban J connectivity index is 1.50. The highest BCUT2D eigenvalue weighted by Crippen LogP contribution is 2.27. The minimum Gasteiger partial charge on any atom is -0.508 e. The number of aromatic hydroxyl groups is 1. The fourth-order valence-electron chi connectivity index (χ4n) is 3.49. The second-order valence-corrected chi connectivity index (χ2v) is 10.3. The predicted octanol–water partition coefficient (Wildman–Crippen LogP) is 5.31. The average Bonchev–Trinajstić information content (AvgIpc) is 3.37. The predicted molar refractivity (Wildman–Crippen MR) is 158 cm³/mol. The van der Waals surface area contributed by atoms with Crippen LogP contribution >= 0.6 is 23.1 Å². The van der Waals surface area contributed by atoms with Gasteiger partial charge in [-0.25, -0.2) is 4.98 Å². The summed E-state index contributed by atoms with van der Waals surface area (Å²) in [4.78, 5) is 43.6. The van der Waals surface area contributed by atoms with Gasteiger partial charge in [0.2, 0.25) is 5.91 Å². The number of carbonyl (C=O) groups excluding carboxylic acids is 3. The van der Waals surface area contributed by atoms with Crippen LogP contribution in [0.1, 0.15) is 21.6 Å². The minimum atomic E-state index is -0.571. The van der Waals surface area contributed by atoms with Crippen LogP contribution in [-0.2, 0) is 9.59 Å². The molecular weight excluding hydrogens is 548 g/mol. The van der Waals surface area contributed by atoms with Gasteiger partial charge in [-0.15, -0.1) is 23.1 Å². The number of hydrogen-bond acceptors (Lipinski definition) is 8. The molecule has 9 nitrogen and oxygen atoms in total. The Bertz CT molecular complexity index is 1550. The molecule has 0 aliphatic rings. The van der Waals surface area contributed by atoms with E-state index in [9.17, 15) is 19.5 Å². The molecule has 0 saturated carbocycles. The van der Waals surface area contributed by atoms with Gasteiger partial charge >= 0.3 is 0 Å². The number of benzene rings is 3. The zero-order valence-corrected chi connectivity index (χ0v) is 23.3. The zero-order valence-electron chi connectivity index (χ0n) is 21.6. The average molecular weight is 575 g/mol. The summed E-state index contributed by atoms with van der Waals surface area (Å²) in [6.45, 7) is 1.86. The van der Waals surface area contributed by atoms with E-state index in [0.29, 0.717) is 27.7 Å². The molecule has 3 amide bonds. The minimum absolute atomic E-state index is 0.00177. The first-order chi connectivity index (χ1) is 19.3. The molecule has 1 heterocycles. The van der Waals surface area contributed by atoms with E-state index in [2.05, 4.69) is 20.9 Å². The lowest BCUT2D eigenvalue weighted by molar-refractivity contribution is -0.114. The van der Waals surface area contributed by atoms with Crippen LogP contribution in [0.4, 0.5) is 10.8 Å². The highest BCUT2D eigenvalue weighted by Gasteiger charge is 2.17. The number of thioether (sulfide) groups is 1. The van der Waals surface area contributed by atoms with Crippen molar-refractivity contribution in [1.29, 1.82) is 0 Å². The first kappa shape index (κ1) is 28.4. The summed E-state index contributed by atoms with van der Waals surface area (Å²) in [5.74, 6) is -0.745. The summed E-state index contributed by atoms with van der Waals surface area (Å²) in [7, 11) is 1.44. The van der Waals surface area contributed by atoms with Gasteiger partial charge < -0.3 is 25.8 Å². The molecule has 0 fully saturated rings. The van der Waals surface area contributed by atoms with Gasteiger partial charge in [0.1, 0.15) is 17.2 Å². The van der Waals surface area contributed by atoms with Gasteiger partial charge in [0.15, 0.2) is 5.13 Å². The Morgan fingerprint density at radius 1 is 1.02 bits per heavy atom. The highest BCUT2D eigenvalue weighted by atomic mass is 32.2. The number of anilines is 2. The third-order valence-electron chi connectivity index (χ3n) is 5.37. The number of carbonyl (C=O) groups is 3. The van der Waals surface area contributed by atoms with Crippen molar-refractivity contribution in [2.75, 3.05) is 23.5 Å². The maximum atomic E-state index is 13.4. The quantitative estimate of drug-likeness (QED) is 0.149. The van der Waals surface area contributed by atoms with Crippen LogP contribution in [0.3, 0.4) is 0 Å². The van der Waals surface area contributed by atoms with Gasteiger partial charge in [-0.1, -0.05) is 24.3 Å². The van der Waals surface area contributed by atoms with E-state index < -0.39 is 11.8 Å². The summed E-state index contributed by atoms with van der Waals surface area (Å²) in [5, 5.41) is 20.5. The molecule has 0 atom stereocenters. The molecule has 1 aromatic heterocycles. The molecule has 4 aromatic rings. The fraction of sp³-hybridized carbons (Fsp3) is 0.103. The fourth-order valence-corrected chi connectivity index (χ4v) is 4.95. The van der Waals surface area contributed by atoms with Gasteiger partial charge in [-0.3, -0.25) is 14.4 Å². The van der Waals surface area contributed by atoms with Crippen molar-refractivity contribution in [1.82, 2.24) is 10.3 Å². The number of rotatable bonds is 10. The molecule has 0 aliphatic carbocycles. The molecule has 0 bridgehead atoms. The largest absolute Gasteiger partial charge is 0.508 e. The lowest BCUT2D eigenvalue weighted by Crippen LogP contribution is -2.30. The molecule has 0 radical (unpaired) electrons. The van der Waals surface area contributed by atoms with Crippen LogP contribution in [0.25, 0.3) is 6.08 Å². The molecule has 0 spiro atoms. The first-order valence-corrected chi connectivity index (χ1v) is 13.9. The Morgan fingerprint density at radius 3 is 2.55 bits per heavy atom. The van der Waals surface area contributed by atoms with E-state index >= 15 is 0 Å². The number of nitrogens with one attached hydrogen (secondary N) is 3. The molecule has 0 saturated heterocycles.